The zero-order valence-corrected chi connectivity index (χ0v) is 23.8. The van der Waals surface area contributed by atoms with Gasteiger partial charge in [0, 0.05) is 6.42 Å². The Bertz CT molecular complexity index is 834. The summed E-state index contributed by atoms with van der Waals surface area (Å²) in [5.74, 6) is 4.86. The van der Waals surface area contributed by atoms with Gasteiger partial charge in [-0.05, 0) is 125 Å². The summed E-state index contributed by atoms with van der Waals surface area (Å²) in [6.07, 6.45) is 15.6. The van der Waals surface area contributed by atoms with Gasteiger partial charge in [0.1, 0.15) is 0 Å². The van der Waals surface area contributed by atoms with Crippen LogP contribution in [0.15, 0.2) is 11.6 Å². The van der Waals surface area contributed by atoms with Crippen LogP contribution >= 0.6 is 0 Å². The molecule has 3 heteroatoms. The minimum atomic E-state index is -0.413. The van der Waals surface area contributed by atoms with E-state index in [0.717, 1.165) is 55.3 Å². The van der Waals surface area contributed by atoms with E-state index in [2.05, 4.69) is 27.7 Å². The standard InChI is InChI=1S/C32H52O3/c1-21(20-35-29(34)30(3,4)5)9-8-10-22(2)26-13-14-27-25-12-11-23-19-24(33)15-17-31(23,6)28(25)16-18-32(26,27)7/h19,21-22,25-28H,8-18,20H2,1-7H3/t21-,22+,25-,26+,27-,28-,31-,32+/m0/s1. The molecule has 0 N–H and O–H groups in total. The van der Waals surface area contributed by atoms with E-state index in [1.54, 1.807) is 0 Å². The summed E-state index contributed by atoms with van der Waals surface area (Å²) in [7, 11) is 0. The summed E-state index contributed by atoms with van der Waals surface area (Å²) in [6.45, 7) is 16.2. The van der Waals surface area contributed by atoms with Crippen LogP contribution in [0.5, 0.6) is 0 Å². The maximum absolute atomic E-state index is 12.1. The molecule has 3 fully saturated rings. The average Bonchev–Trinajstić information content (AvgIpc) is 3.14. The number of allylic oxidation sites excluding steroid dienone is 1. The van der Waals surface area contributed by atoms with Gasteiger partial charge in [-0.25, -0.2) is 0 Å². The van der Waals surface area contributed by atoms with Gasteiger partial charge in [0.2, 0.25) is 0 Å². The summed E-state index contributed by atoms with van der Waals surface area (Å²) in [4.78, 5) is 24.2. The average molecular weight is 485 g/mol. The van der Waals surface area contributed by atoms with Crippen LogP contribution < -0.4 is 0 Å². The summed E-state index contributed by atoms with van der Waals surface area (Å²) in [6, 6.07) is 0. The van der Waals surface area contributed by atoms with Crippen LogP contribution in [0.3, 0.4) is 0 Å². The number of hydrogen-bond acceptors (Lipinski definition) is 3. The van der Waals surface area contributed by atoms with E-state index in [1.165, 1.54) is 50.5 Å². The summed E-state index contributed by atoms with van der Waals surface area (Å²) < 4.78 is 5.55. The van der Waals surface area contributed by atoms with Crippen molar-refractivity contribution in [3.05, 3.63) is 11.6 Å². The molecule has 0 saturated heterocycles. The third-order valence-electron chi connectivity index (χ3n) is 11.2. The minimum Gasteiger partial charge on any atom is -0.465 e. The topological polar surface area (TPSA) is 43.4 Å². The van der Waals surface area contributed by atoms with Gasteiger partial charge in [0.25, 0.3) is 0 Å². The van der Waals surface area contributed by atoms with Crippen LogP contribution in [0.4, 0.5) is 0 Å². The monoisotopic (exact) mass is 484 g/mol. The number of ether oxygens (including phenoxy) is 1. The molecule has 0 amide bonds. The summed E-state index contributed by atoms with van der Waals surface area (Å²) >= 11 is 0. The molecular formula is C32H52O3. The third kappa shape index (κ3) is 5.17. The van der Waals surface area contributed by atoms with Gasteiger partial charge in [-0.2, -0.15) is 0 Å². The first-order valence-corrected chi connectivity index (χ1v) is 14.8. The van der Waals surface area contributed by atoms with Crippen molar-refractivity contribution in [3.63, 3.8) is 0 Å². The predicted octanol–water partition coefficient (Wildman–Crippen LogP) is 8.17. The Balaban J connectivity index is 1.31. The number of carbonyl (C=O) groups is 2. The molecule has 0 unspecified atom stereocenters. The lowest BCUT2D eigenvalue weighted by molar-refractivity contribution is -0.154. The van der Waals surface area contributed by atoms with Crippen LogP contribution in [0.2, 0.25) is 0 Å². The molecule has 3 nitrogen and oxygen atoms in total. The number of esters is 1. The highest BCUT2D eigenvalue weighted by molar-refractivity contribution is 5.91. The van der Waals surface area contributed by atoms with Crippen molar-refractivity contribution in [2.75, 3.05) is 6.61 Å². The zero-order valence-electron chi connectivity index (χ0n) is 23.8. The largest absolute Gasteiger partial charge is 0.465 e. The van der Waals surface area contributed by atoms with E-state index < -0.39 is 5.41 Å². The van der Waals surface area contributed by atoms with Crippen molar-refractivity contribution in [1.82, 2.24) is 0 Å². The lowest BCUT2D eigenvalue weighted by Gasteiger charge is -2.58. The lowest BCUT2D eigenvalue weighted by Crippen LogP contribution is -2.50. The highest BCUT2D eigenvalue weighted by atomic mass is 16.5. The highest BCUT2D eigenvalue weighted by Crippen LogP contribution is 2.67. The van der Waals surface area contributed by atoms with E-state index in [-0.39, 0.29) is 11.4 Å². The van der Waals surface area contributed by atoms with Crippen molar-refractivity contribution in [1.29, 1.82) is 0 Å². The Hall–Kier alpha value is -1.12. The number of hydrogen-bond donors (Lipinski definition) is 0. The molecular weight excluding hydrogens is 432 g/mol. The molecule has 0 heterocycles. The lowest BCUT2D eigenvalue weighted by atomic mass is 9.46. The van der Waals surface area contributed by atoms with Gasteiger partial charge in [0.05, 0.1) is 12.0 Å². The molecule has 8 atom stereocenters. The number of fused-ring (bicyclic) bond motifs is 5. The zero-order chi connectivity index (χ0) is 25.6. The Labute approximate surface area is 215 Å². The fourth-order valence-electron chi connectivity index (χ4n) is 9.04. The van der Waals surface area contributed by atoms with Crippen LogP contribution in [-0.4, -0.2) is 18.4 Å². The maximum atomic E-state index is 12.1. The molecule has 0 spiro atoms. The molecule has 4 rings (SSSR count). The fourth-order valence-corrected chi connectivity index (χ4v) is 9.04. The highest BCUT2D eigenvalue weighted by Gasteiger charge is 2.59. The number of carbonyl (C=O) groups excluding carboxylic acids is 2. The van der Waals surface area contributed by atoms with E-state index in [9.17, 15) is 9.59 Å². The summed E-state index contributed by atoms with van der Waals surface area (Å²) in [5, 5.41) is 0. The number of rotatable bonds is 7. The van der Waals surface area contributed by atoms with Crippen molar-refractivity contribution in [2.24, 2.45) is 51.8 Å². The van der Waals surface area contributed by atoms with Crippen LogP contribution in [-0.2, 0) is 14.3 Å². The van der Waals surface area contributed by atoms with Gasteiger partial charge in [0.15, 0.2) is 5.78 Å². The Kier molecular flexibility index (Phi) is 7.67. The van der Waals surface area contributed by atoms with E-state index >= 15 is 0 Å². The van der Waals surface area contributed by atoms with Gasteiger partial charge in [-0.3, -0.25) is 9.59 Å². The molecule has 0 aromatic heterocycles. The van der Waals surface area contributed by atoms with E-state index in [4.69, 9.17) is 4.74 Å². The minimum absolute atomic E-state index is 0.0859. The van der Waals surface area contributed by atoms with Gasteiger partial charge in [-0.1, -0.05) is 46.1 Å². The molecule has 4 aliphatic rings. The van der Waals surface area contributed by atoms with Gasteiger partial charge in [-0.15, -0.1) is 0 Å². The fraction of sp³-hybridized carbons (Fsp3) is 0.875. The molecule has 4 aliphatic carbocycles. The van der Waals surface area contributed by atoms with E-state index in [1.807, 2.05) is 26.8 Å². The second-order valence-corrected chi connectivity index (χ2v) is 14.6. The Morgan fingerprint density at radius 3 is 2.49 bits per heavy atom. The number of ketones is 1. The van der Waals surface area contributed by atoms with Crippen molar-refractivity contribution in [3.8, 4) is 0 Å². The van der Waals surface area contributed by atoms with Crippen molar-refractivity contribution in [2.45, 2.75) is 119 Å². The third-order valence-corrected chi connectivity index (χ3v) is 11.2. The molecule has 0 aliphatic heterocycles. The second kappa shape index (κ2) is 9.97. The van der Waals surface area contributed by atoms with Crippen LogP contribution in [0, 0.1) is 51.8 Å². The smallest absolute Gasteiger partial charge is 0.311 e. The molecule has 0 aromatic carbocycles. The molecule has 35 heavy (non-hydrogen) atoms. The second-order valence-electron chi connectivity index (χ2n) is 14.6. The molecule has 0 bridgehead atoms. The molecule has 0 radical (unpaired) electrons. The molecule has 198 valence electrons. The van der Waals surface area contributed by atoms with Gasteiger partial charge >= 0.3 is 5.97 Å². The van der Waals surface area contributed by atoms with Crippen LogP contribution in [0.25, 0.3) is 0 Å². The van der Waals surface area contributed by atoms with Crippen molar-refractivity contribution >= 4 is 11.8 Å². The first-order valence-electron chi connectivity index (χ1n) is 14.8. The maximum Gasteiger partial charge on any atom is 0.311 e. The first-order chi connectivity index (χ1) is 16.4. The molecule has 0 aromatic rings. The van der Waals surface area contributed by atoms with Crippen molar-refractivity contribution < 1.29 is 14.3 Å². The van der Waals surface area contributed by atoms with Gasteiger partial charge < -0.3 is 4.74 Å². The van der Waals surface area contributed by atoms with Crippen LogP contribution in [0.1, 0.15) is 119 Å². The quantitative estimate of drug-likeness (QED) is 0.342. The SMILES string of the molecule is C[C@@H](CCC[C@@H](C)[C@H]1CC[C@H]2[C@@H]3CCC4=CC(=O)CC[C@]4(C)[C@H]3CC[C@]12C)COC(=O)C(C)(C)C. The van der Waals surface area contributed by atoms with E-state index in [0.29, 0.717) is 23.7 Å². The Morgan fingerprint density at radius 2 is 1.77 bits per heavy atom. The normalized spacial score (nSPS) is 38.6. The summed E-state index contributed by atoms with van der Waals surface area (Å²) in [5.41, 5.74) is 1.86. The Morgan fingerprint density at radius 1 is 1.03 bits per heavy atom. The first kappa shape index (κ1) is 26.9. The predicted molar refractivity (Wildman–Crippen MR) is 143 cm³/mol. The molecule has 3 saturated carbocycles.